The molecule has 2 N–H and O–H groups in total. The highest BCUT2D eigenvalue weighted by Gasteiger charge is 2.20. The molecule has 0 aliphatic rings. The lowest BCUT2D eigenvalue weighted by Crippen LogP contribution is -2.23. The van der Waals surface area contributed by atoms with Crippen LogP contribution in [0.15, 0.2) is 12.1 Å². The minimum atomic E-state index is -0.141. The van der Waals surface area contributed by atoms with Gasteiger partial charge in [0.1, 0.15) is 5.75 Å². The molecule has 1 rings (SSSR count). The molecule has 1 unspecified atom stereocenters. The number of nitrogens with two attached hydrogens (primary N) is 1. The Bertz CT molecular complexity index is 414. The first-order valence-corrected chi connectivity index (χ1v) is 6.01. The molecule has 0 amide bonds. The number of hydrogen-bond donors (Lipinski definition) is 1. The van der Waals surface area contributed by atoms with Gasteiger partial charge in [0.05, 0.1) is 12.1 Å². The number of ether oxygens (including phenoxy) is 1. The summed E-state index contributed by atoms with van der Waals surface area (Å²) in [5.74, 6) is 0.497. The summed E-state index contributed by atoms with van der Waals surface area (Å²) in [6, 6.07) is 3.44. The van der Waals surface area contributed by atoms with Gasteiger partial charge in [0.15, 0.2) is 5.78 Å². The second-order valence-corrected chi connectivity index (χ2v) is 4.41. The molecule has 0 aliphatic heterocycles. The van der Waals surface area contributed by atoms with E-state index in [-0.39, 0.29) is 11.7 Å². The number of carbonyl (C=O) groups is 1. The van der Waals surface area contributed by atoms with E-state index in [2.05, 4.69) is 0 Å². The molecule has 0 saturated carbocycles. The number of hydrogen-bond acceptors (Lipinski definition) is 3. The number of benzene rings is 1. The third-order valence-electron chi connectivity index (χ3n) is 2.91. The summed E-state index contributed by atoms with van der Waals surface area (Å²) in [5.41, 5.74) is 7.08. The highest BCUT2D eigenvalue weighted by Crippen LogP contribution is 2.29. The second kappa shape index (κ2) is 6.03. The van der Waals surface area contributed by atoms with Crippen molar-refractivity contribution in [2.24, 2.45) is 11.7 Å². The summed E-state index contributed by atoms with van der Waals surface area (Å²) in [7, 11) is 1.55. The maximum atomic E-state index is 12.2. The van der Waals surface area contributed by atoms with Crippen LogP contribution in [0.1, 0.15) is 29.3 Å². The lowest BCUT2D eigenvalue weighted by atomic mass is 9.92. The molecule has 0 aromatic heterocycles. The minimum Gasteiger partial charge on any atom is -0.495 e. The van der Waals surface area contributed by atoms with Crippen LogP contribution in [0.5, 0.6) is 5.75 Å². The zero-order chi connectivity index (χ0) is 13.0. The fourth-order valence-electron chi connectivity index (χ4n) is 1.76. The molecule has 4 heteroatoms. The molecule has 1 aromatic rings. The van der Waals surface area contributed by atoms with Crippen LogP contribution in [0, 0.1) is 12.8 Å². The Labute approximate surface area is 107 Å². The fourth-order valence-corrected chi connectivity index (χ4v) is 2.00. The van der Waals surface area contributed by atoms with Crippen molar-refractivity contribution in [3.8, 4) is 5.75 Å². The van der Waals surface area contributed by atoms with Crippen molar-refractivity contribution in [2.45, 2.75) is 20.3 Å². The molecule has 3 nitrogen and oxygen atoms in total. The number of rotatable bonds is 5. The molecule has 0 fully saturated rings. The summed E-state index contributed by atoms with van der Waals surface area (Å²) in [4.78, 5) is 12.2. The number of halogens is 1. The van der Waals surface area contributed by atoms with Crippen molar-refractivity contribution in [1.29, 1.82) is 0 Å². The van der Waals surface area contributed by atoms with E-state index in [1.54, 1.807) is 19.2 Å². The lowest BCUT2D eigenvalue weighted by molar-refractivity contribution is 0.0920. The van der Waals surface area contributed by atoms with Gasteiger partial charge in [-0.25, -0.2) is 0 Å². The molecule has 1 atom stereocenters. The van der Waals surface area contributed by atoms with Crippen molar-refractivity contribution >= 4 is 17.4 Å². The predicted octanol–water partition coefficient (Wildman–Crippen LogP) is 2.82. The molecule has 0 aliphatic carbocycles. The van der Waals surface area contributed by atoms with Crippen molar-refractivity contribution in [2.75, 3.05) is 13.7 Å². The lowest BCUT2D eigenvalue weighted by Gasteiger charge is -2.14. The van der Waals surface area contributed by atoms with Gasteiger partial charge in [0.25, 0.3) is 0 Å². The fraction of sp³-hybridized carbons (Fsp3) is 0.462. The zero-order valence-electron chi connectivity index (χ0n) is 10.4. The Morgan fingerprint density at radius 3 is 2.65 bits per heavy atom. The van der Waals surface area contributed by atoms with Gasteiger partial charge >= 0.3 is 0 Å². The van der Waals surface area contributed by atoms with Gasteiger partial charge in [0, 0.05) is 18.0 Å². The topological polar surface area (TPSA) is 52.3 Å². The summed E-state index contributed by atoms with van der Waals surface area (Å²) < 4.78 is 5.11. The van der Waals surface area contributed by atoms with Gasteiger partial charge in [-0.1, -0.05) is 18.5 Å². The number of methoxy groups -OCH3 is 1. The van der Waals surface area contributed by atoms with Gasteiger partial charge < -0.3 is 10.5 Å². The van der Waals surface area contributed by atoms with Crippen molar-refractivity contribution in [3.05, 3.63) is 28.3 Å². The highest BCUT2D eigenvalue weighted by atomic mass is 35.5. The largest absolute Gasteiger partial charge is 0.495 e. The maximum absolute atomic E-state index is 12.2. The van der Waals surface area contributed by atoms with Crippen LogP contribution in [-0.2, 0) is 0 Å². The Hall–Kier alpha value is -1.06. The maximum Gasteiger partial charge on any atom is 0.167 e. The van der Waals surface area contributed by atoms with Gasteiger partial charge in [-0.15, -0.1) is 0 Å². The number of Topliss-reactive ketones (excluding diaryl/α,β-unsaturated/α-hetero) is 1. The molecule has 1 aromatic carbocycles. The van der Waals surface area contributed by atoms with Gasteiger partial charge in [0.2, 0.25) is 0 Å². The predicted molar refractivity (Wildman–Crippen MR) is 69.9 cm³/mol. The van der Waals surface area contributed by atoms with Crippen LogP contribution >= 0.6 is 11.6 Å². The minimum absolute atomic E-state index is 0.0528. The van der Waals surface area contributed by atoms with Crippen LogP contribution in [-0.4, -0.2) is 19.4 Å². The highest BCUT2D eigenvalue weighted by molar-refractivity contribution is 6.32. The van der Waals surface area contributed by atoms with Gasteiger partial charge in [-0.2, -0.15) is 0 Å². The van der Waals surface area contributed by atoms with Gasteiger partial charge in [-0.05, 0) is 31.0 Å². The van der Waals surface area contributed by atoms with Gasteiger partial charge in [-0.3, -0.25) is 4.79 Å². The van der Waals surface area contributed by atoms with Crippen LogP contribution in [0.3, 0.4) is 0 Å². The molecular formula is C13H18ClNO2. The normalized spacial score (nSPS) is 12.3. The Kier molecular flexibility index (Phi) is 4.97. The average molecular weight is 256 g/mol. The Morgan fingerprint density at radius 1 is 1.53 bits per heavy atom. The van der Waals surface area contributed by atoms with E-state index in [1.807, 2.05) is 13.8 Å². The first kappa shape index (κ1) is 14.0. The van der Waals surface area contributed by atoms with E-state index in [0.29, 0.717) is 22.9 Å². The molecule has 0 bridgehead atoms. The number of ketones is 1. The average Bonchev–Trinajstić information content (AvgIpc) is 2.32. The summed E-state index contributed by atoms with van der Waals surface area (Å²) in [6.45, 7) is 4.18. The number of aryl methyl sites for hydroxylation is 1. The van der Waals surface area contributed by atoms with E-state index in [0.717, 1.165) is 12.0 Å². The zero-order valence-corrected chi connectivity index (χ0v) is 11.2. The molecular weight excluding hydrogens is 238 g/mol. The van der Waals surface area contributed by atoms with E-state index >= 15 is 0 Å². The summed E-state index contributed by atoms with van der Waals surface area (Å²) in [6.07, 6.45) is 0.735. The van der Waals surface area contributed by atoms with Crippen LogP contribution in [0.2, 0.25) is 5.02 Å². The van der Waals surface area contributed by atoms with Crippen LogP contribution in [0.4, 0.5) is 0 Å². The first-order chi connectivity index (χ1) is 8.04. The standard InChI is InChI=1S/C13H18ClNO2/c1-4-9(7-15)13(16)10-6-11(14)12(17-3)5-8(10)2/h5-6,9H,4,7,15H2,1-3H3. The molecule has 0 heterocycles. The van der Waals surface area contributed by atoms with Crippen LogP contribution < -0.4 is 10.5 Å². The summed E-state index contributed by atoms with van der Waals surface area (Å²) >= 11 is 6.03. The SMILES string of the molecule is CCC(CN)C(=O)c1cc(Cl)c(OC)cc1C. The smallest absolute Gasteiger partial charge is 0.167 e. The Morgan fingerprint density at radius 2 is 2.18 bits per heavy atom. The third-order valence-corrected chi connectivity index (χ3v) is 3.21. The van der Waals surface area contributed by atoms with E-state index < -0.39 is 0 Å². The quantitative estimate of drug-likeness (QED) is 0.823. The number of carbonyl (C=O) groups excluding carboxylic acids is 1. The monoisotopic (exact) mass is 255 g/mol. The van der Waals surface area contributed by atoms with Crippen molar-refractivity contribution in [1.82, 2.24) is 0 Å². The molecule has 0 spiro atoms. The second-order valence-electron chi connectivity index (χ2n) is 4.01. The first-order valence-electron chi connectivity index (χ1n) is 5.63. The molecule has 94 valence electrons. The van der Waals surface area contributed by atoms with Crippen molar-refractivity contribution < 1.29 is 9.53 Å². The molecule has 0 saturated heterocycles. The van der Waals surface area contributed by atoms with E-state index in [9.17, 15) is 4.79 Å². The summed E-state index contributed by atoms with van der Waals surface area (Å²) in [5, 5.41) is 0.452. The molecule has 17 heavy (non-hydrogen) atoms. The Balaban J connectivity index is 3.14. The van der Waals surface area contributed by atoms with E-state index in [1.165, 1.54) is 0 Å². The van der Waals surface area contributed by atoms with Crippen LogP contribution in [0.25, 0.3) is 0 Å². The van der Waals surface area contributed by atoms with E-state index in [4.69, 9.17) is 22.1 Å². The molecule has 0 radical (unpaired) electrons. The van der Waals surface area contributed by atoms with Crippen molar-refractivity contribution in [3.63, 3.8) is 0 Å². The third kappa shape index (κ3) is 2.99.